The van der Waals surface area contributed by atoms with E-state index in [4.69, 9.17) is 9.97 Å². The van der Waals surface area contributed by atoms with Crippen LogP contribution in [0.15, 0.2) is 53.3 Å². The van der Waals surface area contributed by atoms with Crippen molar-refractivity contribution in [2.24, 2.45) is 0 Å². The lowest BCUT2D eigenvalue weighted by atomic mass is 10.2. The Morgan fingerprint density at radius 2 is 1.93 bits per heavy atom. The number of benzene rings is 1. The van der Waals surface area contributed by atoms with Gasteiger partial charge in [-0.2, -0.15) is 4.98 Å². The van der Waals surface area contributed by atoms with Crippen LogP contribution in [0.25, 0.3) is 11.3 Å². The molecule has 1 aliphatic carbocycles. The molecule has 2 aromatic heterocycles. The normalized spacial score (nSPS) is 14.3. The van der Waals surface area contributed by atoms with Crippen molar-refractivity contribution in [1.82, 2.24) is 15.0 Å². The predicted octanol–water partition coefficient (Wildman–Crippen LogP) is 5.71. The van der Waals surface area contributed by atoms with Gasteiger partial charge < -0.3 is 10.6 Å². The lowest BCUT2D eigenvalue weighted by Crippen LogP contribution is -2.17. The van der Waals surface area contributed by atoms with E-state index in [-0.39, 0.29) is 0 Å². The van der Waals surface area contributed by atoms with Crippen LogP contribution in [-0.2, 0) is 0 Å². The van der Waals surface area contributed by atoms with Crippen LogP contribution < -0.4 is 10.6 Å². The third-order valence-electron chi connectivity index (χ3n) is 4.82. The molecule has 0 amide bonds. The Bertz CT molecular complexity index is 923. The molecule has 1 fully saturated rings. The van der Waals surface area contributed by atoms with Crippen molar-refractivity contribution >= 4 is 33.4 Å². The van der Waals surface area contributed by atoms with Gasteiger partial charge in [-0.1, -0.05) is 28.8 Å². The number of hydrogen-bond donors (Lipinski definition) is 2. The highest BCUT2D eigenvalue weighted by molar-refractivity contribution is 9.10. The number of nitrogens with one attached hydrogen (secondary N) is 2. The smallest absolute Gasteiger partial charge is 0.225 e. The number of anilines is 3. The van der Waals surface area contributed by atoms with Crippen LogP contribution in [0.5, 0.6) is 0 Å². The van der Waals surface area contributed by atoms with Gasteiger partial charge in [0.15, 0.2) is 0 Å². The molecule has 1 saturated carbocycles. The highest BCUT2D eigenvalue weighted by Gasteiger charge is 2.17. The van der Waals surface area contributed by atoms with Gasteiger partial charge in [-0.15, -0.1) is 0 Å². The van der Waals surface area contributed by atoms with Gasteiger partial charge in [0.05, 0.1) is 5.69 Å². The van der Waals surface area contributed by atoms with Crippen molar-refractivity contribution in [2.75, 3.05) is 10.6 Å². The maximum absolute atomic E-state index is 4.74. The van der Waals surface area contributed by atoms with Crippen LogP contribution >= 0.6 is 15.9 Å². The first-order valence-electron chi connectivity index (χ1n) is 9.26. The molecular weight excluding hydrogens is 402 g/mol. The Balaban J connectivity index is 1.68. The van der Waals surface area contributed by atoms with Gasteiger partial charge in [0.2, 0.25) is 5.95 Å². The first kappa shape index (κ1) is 17.9. The van der Waals surface area contributed by atoms with E-state index in [9.17, 15) is 0 Å². The van der Waals surface area contributed by atoms with Crippen LogP contribution in [0.1, 0.15) is 31.2 Å². The van der Waals surface area contributed by atoms with E-state index in [0.29, 0.717) is 12.0 Å². The predicted molar refractivity (Wildman–Crippen MR) is 113 cm³/mol. The average molecular weight is 424 g/mol. The van der Waals surface area contributed by atoms with Gasteiger partial charge in [0.1, 0.15) is 5.82 Å². The van der Waals surface area contributed by atoms with E-state index in [2.05, 4.69) is 50.6 Å². The second kappa shape index (κ2) is 8.05. The summed E-state index contributed by atoms with van der Waals surface area (Å²) in [6.45, 7) is 2.08. The fraction of sp³-hybridized carbons (Fsp3) is 0.286. The number of aryl methyl sites for hydroxylation is 1. The molecule has 138 valence electrons. The molecule has 2 N–H and O–H groups in total. The number of hydrogen-bond acceptors (Lipinski definition) is 5. The van der Waals surface area contributed by atoms with Gasteiger partial charge in [0, 0.05) is 40.2 Å². The summed E-state index contributed by atoms with van der Waals surface area (Å²) in [5.74, 6) is 1.44. The van der Waals surface area contributed by atoms with Crippen molar-refractivity contribution in [2.45, 2.75) is 38.6 Å². The molecule has 0 unspecified atom stereocenters. The number of rotatable bonds is 5. The van der Waals surface area contributed by atoms with Gasteiger partial charge in [-0.3, -0.25) is 4.98 Å². The Hall–Kier alpha value is -2.47. The average Bonchev–Trinajstić information content (AvgIpc) is 3.18. The maximum atomic E-state index is 4.74. The zero-order valence-electron chi connectivity index (χ0n) is 15.2. The van der Waals surface area contributed by atoms with Crippen molar-refractivity contribution in [3.63, 3.8) is 0 Å². The van der Waals surface area contributed by atoms with Crippen LogP contribution in [-0.4, -0.2) is 21.0 Å². The fourth-order valence-electron chi connectivity index (χ4n) is 3.40. The molecule has 3 aromatic rings. The summed E-state index contributed by atoms with van der Waals surface area (Å²) >= 11 is 3.51. The molecule has 0 spiro atoms. The van der Waals surface area contributed by atoms with Crippen LogP contribution in [0.3, 0.4) is 0 Å². The van der Waals surface area contributed by atoms with Gasteiger partial charge >= 0.3 is 0 Å². The third-order valence-corrected chi connectivity index (χ3v) is 5.32. The van der Waals surface area contributed by atoms with E-state index >= 15 is 0 Å². The third kappa shape index (κ3) is 4.45. The standard InChI is InChI=1S/C21H22BrN5/c1-14-11-16(22)8-9-18(14)25-20-12-19(15-5-4-10-23-13-15)26-21(27-20)24-17-6-2-3-7-17/h4-5,8-13,17H,2-3,6-7H2,1H3,(H2,24,25,26,27). The Kier molecular flexibility index (Phi) is 5.34. The summed E-state index contributed by atoms with van der Waals surface area (Å²) in [5.41, 5.74) is 4.01. The molecule has 5 nitrogen and oxygen atoms in total. The Morgan fingerprint density at radius 3 is 2.67 bits per heavy atom. The molecule has 1 aliphatic rings. The molecule has 0 aliphatic heterocycles. The summed E-state index contributed by atoms with van der Waals surface area (Å²) in [7, 11) is 0. The minimum atomic E-state index is 0.455. The van der Waals surface area contributed by atoms with Crippen LogP contribution in [0.4, 0.5) is 17.5 Å². The SMILES string of the molecule is Cc1cc(Br)ccc1Nc1cc(-c2cccnc2)nc(NC2CCCC2)n1. The quantitative estimate of drug-likeness (QED) is 0.550. The summed E-state index contributed by atoms with van der Waals surface area (Å²) < 4.78 is 1.06. The summed E-state index contributed by atoms with van der Waals surface area (Å²) in [4.78, 5) is 13.7. The van der Waals surface area contributed by atoms with E-state index in [0.717, 1.165) is 32.8 Å². The fourth-order valence-corrected chi connectivity index (χ4v) is 3.87. The van der Waals surface area contributed by atoms with E-state index in [1.165, 1.54) is 25.7 Å². The van der Waals surface area contributed by atoms with Gasteiger partial charge in [-0.05, 0) is 55.7 Å². The Morgan fingerprint density at radius 1 is 1.07 bits per heavy atom. The highest BCUT2D eigenvalue weighted by atomic mass is 79.9. The number of halogens is 1. The van der Waals surface area contributed by atoms with Crippen molar-refractivity contribution in [1.29, 1.82) is 0 Å². The van der Waals surface area contributed by atoms with Crippen LogP contribution in [0, 0.1) is 6.92 Å². The minimum Gasteiger partial charge on any atom is -0.351 e. The lowest BCUT2D eigenvalue weighted by molar-refractivity contribution is 0.744. The molecule has 4 rings (SSSR count). The topological polar surface area (TPSA) is 62.7 Å². The number of pyridine rings is 1. The largest absolute Gasteiger partial charge is 0.351 e. The summed E-state index contributed by atoms with van der Waals surface area (Å²) in [6.07, 6.45) is 8.49. The summed E-state index contributed by atoms with van der Waals surface area (Å²) in [6, 6.07) is 12.5. The number of aromatic nitrogens is 3. The monoisotopic (exact) mass is 423 g/mol. The zero-order chi connectivity index (χ0) is 18.6. The van der Waals surface area contributed by atoms with Crippen LogP contribution in [0.2, 0.25) is 0 Å². The molecule has 6 heteroatoms. The van der Waals surface area contributed by atoms with Crippen molar-refractivity contribution in [3.05, 3.63) is 58.8 Å². The second-order valence-electron chi connectivity index (χ2n) is 6.91. The van der Waals surface area contributed by atoms with E-state index < -0.39 is 0 Å². The lowest BCUT2D eigenvalue weighted by Gasteiger charge is -2.15. The van der Waals surface area contributed by atoms with Crippen molar-refractivity contribution < 1.29 is 0 Å². The molecular formula is C21H22BrN5. The highest BCUT2D eigenvalue weighted by Crippen LogP contribution is 2.27. The molecule has 27 heavy (non-hydrogen) atoms. The first-order chi connectivity index (χ1) is 13.2. The second-order valence-corrected chi connectivity index (χ2v) is 7.83. The molecule has 1 aromatic carbocycles. The van der Waals surface area contributed by atoms with Gasteiger partial charge in [-0.25, -0.2) is 4.98 Å². The number of nitrogens with zero attached hydrogens (tertiary/aromatic N) is 3. The first-order valence-corrected chi connectivity index (χ1v) is 10.1. The van der Waals surface area contributed by atoms with Gasteiger partial charge in [0.25, 0.3) is 0 Å². The molecule has 0 bridgehead atoms. The zero-order valence-corrected chi connectivity index (χ0v) is 16.8. The van der Waals surface area contributed by atoms with E-state index in [1.54, 1.807) is 6.20 Å². The Labute approximate surface area is 167 Å². The molecule has 2 heterocycles. The minimum absolute atomic E-state index is 0.455. The maximum Gasteiger partial charge on any atom is 0.225 e. The summed E-state index contributed by atoms with van der Waals surface area (Å²) in [5, 5.41) is 6.95. The van der Waals surface area contributed by atoms with E-state index in [1.807, 2.05) is 30.5 Å². The molecule has 0 radical (unpaired) electrons. The molecule has 0 atom stereocenters. The van der Waals surface area contributed by atoms with Crippen molar-refractivity contribution in [3.8, 4) is 11.3 Å². The molecule has 0 saturated heterocycles.